The fraction of sp³-hybridized carbons (Fsp3) is 0.0714. The highest BCUT2D eigenvalue weighted by Crippen LogP contribution is 2.25. The summed E-state index contributed by atoms with van der Waals surface area (Å²) in [7, 11) is 1.49. The lowest BCUT2D eigenvalue weighted by molar-refractivity contribution is 0.0997. The van der Waals surface area contributed by atoms with Crippen LogP contribution in [0.1, 0.15) is 10.4 Å². The Balaban J connectivity index is 2.14. The summed E-state index contributed by atoms with van der Waals surface area (Å²) in [5, 5.41) is 0. The molecule has 0 atom stereocenters. The molecule has 0 aliphatic carbocycles. The predicted octanol–water partition coefficient (Wildman–Crippen LogP) is 1.73. The van der Waals surface area contributed by atoms with Crippen molar-refractivity contribution in [2.24, 2.45) is 5.73 Å². The summed E-state index contributed by atoms with van der Waals surface area (Å²) in [6.45, 7) is 0. The maximum atomic E-state index is 11.4. The first-order valence-corrected chi connectivity index (χ1v) is 5.98. The van der Waals surface area contributed by atoms with Gasteiger partial charge < -0.3 is 15.5 Å². The second-order valence-corrected chi connectivity index (χ2v) is 4.24. The van der Waals surface area contributed by atoms with Gasteiger partial charge in [-0.25, -0.2) is 9.97 Å². The zero-order valence-corrected chi connectivity index (χ0v) is 10.8. The molecule has 0 fully saturated rings. The number of imidazole rings is 1. The average Bonchev–Trinajstić information content (AvgIpc) is 2.90. The van der Waals surface area contributed by atoms with Crippen LogP contribution < -0.4 is 10.5 Å². The van der Waals surface area contributed by atoms with Gasteiger partial charge in [0.25, 0.3) is 5.91 Å². The van der Waals surface area contributed by atoms with E-state index in [0.717, 1.165) is 11.1 Å². The van der Waals surface area contributed by atoms with E-state index in [9.17, 15) is 4.79 Å². The van der Waals surface area contributed by atoms with Gasteiger partial charge in [-0.3, -0.25) is 4.79 Å². The second-order valence-electron chi connectivity index (χ2n) is 4.24. The molecular weight excluding hydrogens is 256 g/mol. The van der Waals surface area contributed by atoms with Crippen molar-refractivity contribution in [1.82, 2.24) is 15.0 Å². The minimum atomic E-state index is -0.544. The molecule has 0 aliphatic rings. The normalized spacial score (nSPS) is 10.7. The van der Waals surface area contributed by atoms with Gasteiger partial charge in [-0.1, -0.05) is 0 Å². The Kier molecular flexibility index (Phi) is 2.83. The Bertz CT molecular complexity index is 762. The SMILES string of the molecule is COc1ccc(-c2nc3cccnc3[nH]2)cc1C(N)=O. The number of carbonyl (C=O) groups excluding carboxylic acids is 1. The molecule has 1 amide bonds. The first-order valence-electron chi connectivity index (χ1n) is 5.98. The summed E-state index contributed by atoms with van der Waals surface area (Å²) in [5.41, 5.74) is 7.87. The largest absolute Gasteiger partial charge is 0.496 e. The van der Waals surface area contributed by atoms with Gasteiger partial charge in [-0.2, -0.15) is 0 Å². The molecule has 20 heavy (non-hydrogen) atoms. The van der Waals surface area contributed by atoms with Gasteiger partial charge in [0.1, 0.15) is 17.1 Å². The minimum Gasteiger partial charge on any atom is -0.496 e. The molecule has 0 radical (unpaired) electrons. The molecule has 0 spiro atoms. The van der Waals surface area contributed by atoms with E-state index in [1.165, 1.54) is 7.11 Å². The zero-order chi connectivity index (χ0) is 14.1. The number of rotatable bonds is 3. The molecule has 6 heteroatoms. The molecule has 0 unspecified atom stereocenters. The van der Waals surface area contributed by atoms with E-state index >= 15 is 0 Å². The number of aromatic nitrogens is 3. The van der Waals surface area contributed by atoms with Crippen LogP contribution in [0.2, 0.25) is 0 Å². The number of fused-ring (bicyclic) bond motifs is 1. The lowest BCUT2D eigenvalue weighted by atomic mass is 10.1. The van der Waals surface area contributed by atoms with Crippen LogP contribution in [0.15, 0.2) is 36.5 Å². The smallest absolute Gasteiger partial charge is 0.252 e. The van der Waals surface area contributed by atoms with Crippen LogP contribution in [-0.4, -0.2) is 28.0 Å². The topological polar surface area (TPSA) is 93.9 Å². The maximum absolute atomic E-state index is 11.4. The molecule has 0 aliphatic heterocycles. The number of aromatic amines is 1. The molecular formula is C14H12N4O2. The number of benzene rings is 1. The maximum Gasteiger partial charge on any atom is 0.252 e. The number of primary amides is 1. The van der Waals surface area contributed by atoms with Crippen LogP contribution in [0, 0.1) is 0 Å². The minimum absolute atomic E-state index is 0.318. The molecule has 100 valence electrons. The van der Waals surface area contributed by atoms with Gasteiger partial charge in [0, 0.05) is 11.8 Å². The van der Waals surface area contributed by atoms with Crippen molar-refractivity contribution in [3.63, 3.8) is 0 Å². The van der Waals surface area contributed by atoms with Gasteiger partial charge in [0.15, 0.2) is 5.65 Å². The molecule has 2 aromatic heterocycles. The van der Waals surface area contributed by atoms with E-state index in [-0.39, 0.29) is 0 Å². The van der Waals surface area contributed by atoms with Crippen molar-refractivity contribution >= 4 is 17.1 Å². The summed E-state index contributed by atoms with van der Waals surface area (Å²) in [6, 6.07) is 8.83. The standard InChI is InChI=1S/C14H12N4O2/c1-20-11-5-4-8(7-9(11)12(15)19)13-17-10-3-2-6-16-14(10)18-13/h2-7H,1H3,(H2,15,19)(H,16,17,18). The van der Waals surface area contributed by atoms with E-state index in [1.807, 2.05) is 18.2 Å². The van der Waals surface area contributed by atoms with Crippen molar-refractivity contribution in [2.75, 3.05) is 7.11 Å². The average molecular weight is 268 g/mol. The molecule has 0 bridgehead atoms. The number of nitrogens with two attached hydrogens (primary N) is 1. The Hall–Kier alpha value is -2.89. The van der Waals surface area contributed by atoms with E-state index in [4.69, 9.17) is 10.5 Å². The molecule has 3 N–H and O–H groups in total. The van der Waals surface area contributed by atoms with Gasteiger partial charge >= 0.3 is 0 Å². The quantitative estimate of drug-likeness (QED) is 0.756. The molecule has 1 aromatic carbocycles. The van der Waals surface area contributed by atoms with Crippen LogP contribution in [-0.2, 0) is 0 Å². The Morgan fingerprint density at radius 2 is 2.20 bits per heavy atom. The summed E-state index contributed by atoms with van der Waals surface area (Å²) < 4.78 is 5.11. The van der Waals surface area contributed by atoms with Crippen molar-refractivity contribution in [3.05, 3.63) is 42.1 Å². The van der Waals surface area contributed by atoms with Gasteiger partial charge in [0.2, 0.25) is 0 Å². The number of methoxy groups -OCH3 is 1. The first kappa shape index (κ1) is 12.2. The Labute approximate surface area is 114 Å². The number of nitrogens with one attached hydrogen (secondary N) is 1. The molecule has 3 aromatic rings. The molecule has 6 nitrogen and oxygen atoms in total. The van der Waals surface area contributed by atoms with Crippen LogP contribution in [0.25, 0.3) is 22.6 Å². The number of hydrogen-bond donors (Lipinski definition) is 2. The molecule has 2 heterocycles. The summed E-state index contributed by atoms with van der Waals surface area (Å²) >= 11 is 0. The number of nitrogens with zero attached hydrogens (tertiary/aromatic N) is 2. The van der Waals surface area contributed by atoms with Gasteiger partial charge in [0.05, 0.1) is 12.7 Å². The number of pyridine rings is 1. The lowest BCUT2D eigenvalue weighted by Crippen LogP contribution is -2.12. The summed E-state index contributed by atoms with van der Waals surface area (Å²) in [5.74, 6) is 0.525. The van der Waals surface area contributed by atoms with Crippen LogP contribution in [0.3, 0.4) is 0 Å². The fourth-order valence-corrected chi connectivity index (χ4v) is 2.03. The number of H-pyrrole nitrogens is 1. The number of amides is 1. The van der Waals surface area contributed by atoms with Crippen molar-refractivity contribution in [3.8, 4) is 17.1 Å². The Morgan fingerprint density at radius 1 is 1.35 bits per heavy atom. The van der Waals surface area contributed by atoms with Gasteiger partial charge in [-0.15, -0.1) is 0 Å². The van der Waals surface area contributed by atoms with Gasteiger partial charge in [-0.05, 0) is 30.3 Å². The number of ether oxygens (including phenoxy) is 1. The molecule has 3 rings (SSSR count). The third-order valence-electron chi connectivity index (χ3n) is 2.99. The van der Waals surface area contributed by atoms with E-state index in [2.05, 4.69) is 15.0 Å². The summed E-state index contributed by atoms with van der Waals surface area (Å²) in [4.78, 5) is 23.1. The fourth-order valence-electron chi connectivity index (χ4n) is 2.03. The van der Waals surface area contributed by atoms with E-state index < -0.39 is 5.91 Å². The Morgan fingerprint density at radius 3 is 2.90 bits per heavy atom. The van der Waals surface area contributed by atoms with Crippen LogP contribution in [0.4, 0.5) is 0 Å². The highest BCUT2D eigenvalue weighted by Gasteiger charge is 2.12. The number of carbonyl (C=O) groups is 1. The predicted molar refractivity (Wildman–Crippen MR) is 74.4 cm³/mol. The van der Waals surface area contributed by atoms with Crippen molar-refractivity contribution < 1.29 is 9.53 Å². The third kappa shape index (κ3) is 1.97. The highest BCUT2D eigenvalue weighted by atomic mass is 16.5. The number of hydrogen-bond acceptors (Lipinski definition) is 4. The molecule has 0 saturated carbocycles. The zero-order valence-electron chi connectivity index (χ0n) is 10.8. The van der Waals surface area contributed by atoms with Crippen molar-refractivity contribution in [2.45, 2.75) is 0 Å². The second kappa shape index (κ2) is 4.65. The molecule has 0 saturated heterocycles. The monoisotopic (exact) mass is 268 g/mol. The van der Waals surface area contributed by atoms with Crippen LogP contribution >= 0.6 is 0 Å². The highest BCUT2D eigenvalue weighted by molar-refractivity contribution is 5.97. The van der Waals surface area contributed by atoms with Crippen molar-refractivity contribution in [1.29, 1.82) is 0 Å². The first-order chi connectivity index (χ1) is 9.69. The van der Waals surface area contributed by atoms with E-state index in [0.29, 0.717) is 22.8 Å². The third-order valence-corrected chi connectivity index (χ3v) is 2.99. The van der Waals surface area contributed by atoms with Crippen LogP contribution in [0.5, 0.6) is 5.75 Å². The van der Waals surface area contributed by atoms with E-state index in [1.54, 1.807) is 18.3 Å². The summed E-state index contributed by atoms with van der Waals surface area (Å²) in [6.07, 6.45) is 1.69. The lowest BCUT2D eigenvalue weighted by Gasteiger charge is -2.06.